The minimum absolute atomic E-state index is 0.0434. The first-order valence-corrected chi connectivity index (χ1v) is 7.67. The van der Waals surface area contributed by atoms with Crippen LogP contribution in [0.2, 0.25) is 19.6 Å². The molecule has 0 atom stereocenters. The SMILES string of the molecule is COC(=O)OCC#CCO[Si](C)(C)C. The zero-order chi connectivity index (χ0) is 11.0. The van der Waals surface area contributed by atoms with Crippen molar-refractivity contribution in [2.24, 2.45) is 0 Å². The molecular weight excluding hydrogens is 200 g/mol. The highest BCUT2D eigenvalue weighted by Crippen LogP contribution is 2.00. The Morgan fingerprint density at radius 2 is 1.79 bits per heavy atom. The van der Waals surface area contributed by atoms with Crippen LogP contribution >= 0.6 is 0 Å². The highest BCUT2D eigenvalue weighted by Gasteiger charge is 2.12. The topological polar surface area (TPSA) is 44.8 Å². The Balaban J connectivity index is 3.50. The lowest BCUT2D eigenvalue weighted by molar-refractivity contribution is 0.0832. The van der Waals surface area contributed by atoms with Crippen LogP contribution in [0.4, 0.5) is 4.79 Å². The summed E-state index contributed by atoms with van der Waals surface area (Å²) >= 11 is 0. The number of carbonyl (C=O) groups is 1. The fraction of sp³-hybridized carbons (Fsp3) is 0.667. The van der Waals surface area contributed by atoms with Gasteiger partial charge in [0, 0.05) is 0 Å². The summed E-state index contributed by atoms with van der Waals surface area (Å²) in [7, 11) is -0.227. The lowest BCUT2D eigenvalue weighted by Crippen LogP contribution is -2.25. The van der Waals surface area contributed by atoms with Crippen LogP contribution < -0.4 is 0 Å². The molecule has 0 aromatic carbocycles. The lowest BCUT2D eigenvalue weighted by atomic mass is 10.6. The molecule has 14 heavy (non-hydrogen) atoms. The third-order valence-electron chi connectivity index (χ3n) is 1.13. The van der Waals surface area contributed by atoms with Crippen LogP contribution in [0, 0.1) is 11.8 Å². The Hall–Kier alpha value is -0.993. The first kappa shape index (κ1) is 13.0. The van der Waals surface area contributed by atoms with Gasteiger partial charge in [-0.15, -0.1) is 0 Å². The van der Waals surface area contributed by atoms with Crippen molar-refractivity contribution in [1.82, 2.24) is 0 Å². The fourth-order valence-electron chi connectivity index (χ4n) is 0.509. The van der Waals surface area contributed by atoms with Crippen LogP contribution in [0.3, 0.4) is 0 Å². The summed E-state index contributed by atoms with van der Waals surface area (Å²) in [6, 6.07) is 0. The Kier molecular flexibility index (Phi) is 6.00. The molecule has 0 rings (SSSR count). The predicted octanol–water partition coefficient (Wildman–Crippen LogP) is 1.62. The number of rotatable bonds is 3. The number of hydrogen-bond acceptors (Lipinski definition) is 4. The summed E-state index contributed by atoms with van der Waals surface area (Å²) in [5.74, 6) is 5.40. The molecule has 0 spiro atoms. The van der Waals surface area contributed by atoms with Crippen LogP contribution in [0.25, 0.3) is 0 Å². The van der Waals surface area contributed by atoms with Crippen molar-refractivity contribution in [3.63, 3.8) is 0 Å². The van der Waals surface area contributed by atoms with Gasteiger partial charge in [0.05, 0.1) is 13.7 Å². The molecular formula is C9H16O4Si. The maximum atomic E-state index is 10.5. The van der Waals surface area contributed by atoms with Gasteiger partial charge in [-0.3, -0.25) is 0 Å². The van der Waals surface area contributed by atoms with Crippen molar-refractivity contribution >= 4 is 14.5 Å². The van der Waals surface area contributed by atoms with Gasteiger partial charge in [-0.1, -0.05) is 11.8 Å². The average molecular weight is 216 g/mol. The molecule has 0 unspecified atom stereocenters. The minimum Gasteiger partial charge on any atom is -0.438 e. The lowest BCUT2D eigenvalue weighted by Gasteiger charge is -2.13. The number of hydrogen-bond donors (Lipinski definition) is 0. The molecule has 0 radical (unpaired) electrons. The Morgan fingerprint density at radius 1 is 1.21 bits per heavy atom. The van der Waals surface area contributed by atoms with E-state index in [1.165, 1.54) is 7.11 Å². The quantitative estimate of drug-likeness (QED) is 0.408. The monoisotopic (exact) mass is 216 g/mol. The summed E-state index contributed by atoms with van der Waals surface area (Å²) in [5, 5.41) is 0. The number of methoxy groups -OCH3 is 1. The molecule has 0 bridgehead atoms. The third-order valence-corrected chi connectivity index (χ3v) is 2.14. The van der Waals surface area contributed by atoms with E-state index in [9.17, 15) is 4.79 Å². The van der Waals surface area contributed by atoms with Gasteiger partial charge in [0.1, 0.15) is 0 Å². The number of ether oxygens (including phenoxy) is 2. The molecule has 5 heteroatoms. The smallest absolute Gasteiger partial charge is 0.438 e. The first-order valence-electron chi connectivity index (χ1n) is 4.26. The van der Waals surface area contributed by atoms with Crippen LogP contribution in [0.15, 0.2) is 0 Å². The highest BCUT2D eigenvalue weighted by molar-refractivity contribution is 6.69. The summed E-state index contributed by atoms with van der Waals surface area (Å²) in [6.45, 7) is 6.68. The zero-order valence-corrected chi connectivity index (χ0v) is 10.0. The summed E-state index contributed by atoms with van der Waals surface area (Å²) < 4.78 is 14.3. The molecule has 0 saturated carbocycles. The molecule has 0 aromatic heterocycles. The zero-order valence-electron chi connectivity index (χ0n) is 9.05. The van der Waals surface area contributed by atoms with Gasteiger partial charge < -0.3 is 13.9 Å². The van der Waals surface area contributed by atoms with E-state index in [-0.39, 0.29) is 6.61 Å². The minimum atomic E-state index is -1.48. The third kappa shape index (κ3) is 9.10. The summed E-state index contributed by atoms with van der Waals surface area (Å²) in [6.07, 6.45) is -0.717. The second-order valence-electron chi connectivity index (χ2n) is 3.50. The van der Waals surface area contributed by atoms with Gasteiger partial charge in [-0.05, 0) is 19.6 Å². The molecule has 0 N–H and O–H groups in total. The van der Waals surface area contributed by atoms with E-state index in [0.717, 1.165) is 0 Å². The van der Waals surface area contributed by atoms with Crippen molar-refractivity contribution in [3.8, 4) is 11.8 Å². The molecule has 0 aromatic rings. The van der Waals surface area contributed by atoms with E-state index in [1.54, 1.807) is 0 Å². The van der Waals surface area contributed by atoms with E-state index >= 15 is 0 Å². The van der Waals surface area contributed by atoms with Crippen molar-refractivity contribution in [2.45, 2.75) is 19.6 Å². The first-order chi connectivity index (χ1) is 6.45. The molecule has 0 aliphatic heterocycles. The molecule has 0 heterocycles. The normalized spacial score (nSPS) is 10.0. The molecule has 0 aliphatic rings. The highest BCUT2D eigenvalue weighted by atomic mass is 28.4. The molecule has 0 amide bonds. The molecule has 0 saturated heterocycles. The predicted molar refractivity (Wildman–Crippen MR) is 55.4 cm³/mol. The van der Waals surface area contributed by atoms with Crippen LogP contribution in [-0.4, -0.2) is 34.8 Å². The second-order valence-corrected chi connectivity index (χ2v) is 8.01. The van der Waals surface area contributed by atoms with Gasteiger partial charge >= 0.3 is 6.16 Å². The molecule has 0 fully saturated rings. The number of carbonyl (C=O) groups excluding carboxylic acids is 1. The van der Waals surface area contributed by atoms with Crippen molar-refractivity contribution in [1.29, 1.82) is 0 Å². The Bertz CT molecular complexity index is 233. The van der Waals surface area contributed by atoms with E-state index in [1.807, 2.05) is 0 Å². The van der Waals surface area contributed by atoms with E-state index in [2.05, 4.69) is 41.0 Å². The summed E-state index contributed by atoms with van der Waals surface area (Å²) in [5.41, 5.74) is 0. The molecule has 80 valence electrons. The largest absolute Gasteiger partial charge is 0.508 e. The Morgan fingerprint density at radius 3 is 2.29 bits per heavy atom. The van der Waals surface area contributed by atoms with Gasteiger partial charge in [0.25, 0.3) is 0 Å². The van der Waals surface area contributed by atoms with Gasteiger partial charge in [0.2, 0.25) is 0 Å². The van der Waals surface area contributed by atoms with Crippen molar-refractivity contribution in [3.05, 3.63) is 0 Å². The maximum Gasteiger partial charge on any atom is 0.508 e. The van der Waals surface area contributed by atoms with E-state index in [4.69, 9.17) is 4.43 Å². The maximum absolute atomic E-state index is 10.5. The average Bonchev–Trinajstić information content (AvgIpc) is 2.08. The fourth-order valence-corrected chi connectivity index (χ4v) is 1.01. The van der Waals surface area contributed by atoms with E-state index < -0.39 is 14.5 Å². The standard InChI is InChI=1S/C9H16O4Si/c1-11-9(10)12-7-5-6-8-13-14(2,3)4/h7-8H2,1-4H3. The van der Waals surface area contributed by atoms with Crippen LogP contribution in [0.5, 0.6) is 0 Å². The van der Waals surface area contributed by atoms with Crippen molar-refractivity contribution < 1.29 is 18.7 Å². The van der Waals surface area contributed by atoms with Gasteiger partial charge in [-0.25, -0.2) is 4.79 Å². The van der Waals surface area contributed by atoms with Crippen LogP contribution in [-0.2, 0) is 13.9 Å². The van der Waals surface area contributed by atoms with Crippen LogP contribution in [0.1, 0.15) is 0 Å². The summed E-state index contributed by atoms with van der Waals surface area (Å²) in [4.78, 5) is 10.5. The van der Waals surface area contributed by atoms with Crippen molar-refractivity contribution in [2.75, 3.05) is 20.3 Å². The van der Waals surface area contributed by atoms with E-state index in [0.29, 0.717) is 6.61 Å². The Labute approximate surface area is 85.7 Å². The molecule has 4 nitrogen and oxygen atoms in total. The molecule has 0 aliphatic carbocycles. The van der Waals surface area contributed by atoms with Gasteiger partial charge in [0.15, 0.2) is 14.9 Å². The second kappa shape index (κ2) is 6.46. The van der Waals surface area contributed by atoms with Gasteiger partial charge in [-0.2, -0.15) is 0 Å².